The largest absolute Gasteiger partial charge is 0.460 e. The zero-order chi connectivity index (χ0) is 20.4. The number of esters is 1. The average Bonchev–Trinajstić information content (AvgIpc) is 2.41. The molecule has 2 amide bonds. The molecule has 0 spiro atoms. The molecule has 4 N–H and O–H groups in total. The van der Waals surface area contributed by atoms with E-state index >= 15 is 0 Å². The van der Waals surface area contributed by atoms with Gasteiger partial charge in [-0.05, 0) is 60.9 Å². The van der Waals surface area contributed by atoms with Crippen LogP contribution in [0.1, 0.15) is 67.2 Å². The minimum absolute atomic E-state index is 0.0332. The van der Waals surface area contributed by atoms with Gasteiger partial charge in [-0.3, -0.25) is 9.59 Å². The highest BCUT2D eigenvalue weighted by Gasteiger charge is 2.20. The highest BCUT2D eigenvalue weighted by Crippen LogP contribution is 2.09. The number of nitrogens with two attached hydrogens (primary N) is 1. The number of hydrogen-bond acceptors (Lipinski definition) is 6. The summed E-state index contributed by atoms with van der Waals surface area (Å²) >= 11 is 0. The van der Waals surface area contributed by atoms with Gasteiger partial charge in [-0.15, -0.1) is 0 Å². The fraction of sp³-hybridized carbons (Fsp3) is 0.833. The Hall–Kier alpha value is -1.83. The van der Waals surface area contributed by atoms with Crippen molar-refractivity contribution in [2.24, 2.45) is 5.73 Å². The first-order valence-electron chi connectivity index (χ1n) is 9.00. The van der Waals surface area contributed by atoms with Crippen LogP contribution in [0.5, 0.6) is 0 Å². The fourth-order valence-electron chi connectivity index (χ4n) is 2.05. The maximum atomic E-state index is 11.8. The Balaban J connectivity index is 4.16. The molecule has 0 aromatic rings. The van der Waals surface area contributed by atoms with E-state index in [-0.39, 0.29) is 24.8 Å². The summed E-state index contributed by atoms with van der Waals surface area (Å²) in [5, 5.41) is 5.49. The van der Waals surface area contributed by atoms with Crippen LogP contribution < -0.4 is 16.4 Å². The summed E-state index contributed by atoms with van der Waals surface area (Å²) in [5.74, 6) is -0.639. The molecule has 0 aliphatic rings. The van der Waals surface area contributed by atoms with Crippen molar-refractivity contribution >= 4 is 18.0 Å². The van der Waals surface area contributed by atoms with E-state index in [1.165, 1.54) is 0 Å². The van der Waals surface area contributed by atoms with Crippen LogP contribution in [0.2, 0.25) is 0 Å². The Kier molecular flexibility index (Phi) is 10.2. The Morgan fingerprint density at radius 2 is 1.50 bits per heavy atom. The van der Waals surface area contributed by atoms with Crippen molar-refractivity contribution in [3.05, 3.63) is 0 Å². The summed E-state index contributed by atoms with van der Waals surface area (Å²) in [6.45, 7) is 11.5. The van der Waals surface area contributed by atoms with Crippen LogP contribution in [0.25, 0.3) is 0 Å². The van der Waals surface area contributed by atoms with Crippen molar-refractivity contribution in [2.75, 3.05) is 13.1 Å². The predicted octanol–water partition coefficient (Wildman–Crippen LogP) is 1.86. The number of ether oxygens (including phenoxy) is 2. The summed E-state index contributed by atoms with van der Waals surface area (Å²) < 4.78 is 10.4. The van der Waals surface area contributed by atoms with Crippen molar-refractivity contribution in [3.8, 4) is 0 Å². The average molecular weight is 373 g/mol. The molecule has 0 saturated heterocycles. The summed E-state index contributed by atoms with van der Waals surface area (Å²) in [6, 6.07) is -0.194. The number of hydrogen-bond donors (Lipinski definition) is 3. The van der Waals surface area contributed by atoms with Crippen LogP contribution in [0.3, 0.4) is 0 Å². The molecule has 0 bridgehead atoms. The Morgan fingerprint density at radius 3 is 2.00 bits per heavy atom. The van der Waals surface area contributed by atoms with E-state index in [9.17, 15) is 14.4 Å². The lowest BCUT2D eigenvalue weighted by atomic mass is 10.1. The Morgan fingerprint density at radius 1 is 0.923 bits per heavy atom. The van der Waals surface area contributed by atoms with E-state index in [1.807, 2.05) is 0 Å². The second-order valence-corrected chi connectivity index (χ2v) is 8.15. The van der Waals surface area contributed by atoms with Crippen LogP contribution in [0, 0.1) is 0 Å². The molecule has 0 saturated carbocycles. The number of alkyl carbamates (subject to hydrolysis) is 1. The van der Waals surface area contributed by atoms with Crippen LogP contribution in [-0.4, -0.2) is 48.3 Å². The van der Waals surface area contributed by atoms with Gasteiger partial charge in [-0.25, -0.2) is 4.79 Å². The monoisotopic (exact) mass is 373 g/mol. The van der Waals surface area contributed by atoms with Gasteiger partial charge in [0.1, 0.15) is 11.2 Å². The minimum Gasteiger partial charge on any atom is -0.460 e. The standard InChI is InChI=1S/C18H35N3O5/c1-17(2,3)25-15(23)8-7-14(22)20-12-10-13(9-11-19)21-16(24)26-18(4,5)6/h13H,7-12,19H2,1-6H3,(H,20,22)(H,21,24)/t13-/m1/s1. The molecule has 152 valence electrons. The lowest BCUT2D eigenvalue weighted by Gasteiger charge is -2.23. The third-order valence-corrected chi connectivity index (χ3v) is 3.03. The second kappa shape index (κ2) is 11.0. The van der Waals surface area contributed by atoms with Gasteiger partial charge < -0.3 is 25.8 Å². The molecule has 0 aliphatic heterocycles. The maximum absolute atomic E-state index is 11.8. The van der Waals surface area contributed by atoms with Gasteiger partial charge in [-0.2, -0.15) is 0 Å². The molecule has 0 aromatic heterocycles. The lowest BCUT2D eigenvalue weighted by molar-refractivity contribution is -0.155. The summed E-state index contributed by atoms with van der Waals surface area (Å²) in [5.41, 5.74) is 4.43. The summed E-state index contributed by atoms with van der Waals surface area (Å²) in [4.78, 5) is 35.2. The van der Waals surface area contributed by atoms with E-state index in [1.54, 1.807) is 41.5 Å². The van der Waals surface area contributed by atoms with Gasteiger partial charge in [0.2, 0.25) is 5.91 Å². The van der Waals surface area contributed by atoms with Crippen LogP contribution in [0.4, 0.5) is 4.79 Å². The van der Waals surface area contributed by atoms with Crippen LogP contribution in [-0.2, 0) is 19.1 Å². The molecule has 8 heteroatoms. The molecule has 0 aromatic carbocycles. The number of amides is 2. The molecule has 0 heterocycles. The lowest BCUT2D eigenvalue weighted by Crippen LogP contribution is -2.42. The molecular weight excluding hydrogens is 338 g/mol. The predicted molar refractivity (Wildman–Crippen MR) is 99.5 cm³/mol. The third-order valence-electron chi connectivity index (χ3n) is 3.03. The normalized spacial score (nSPS) is 12.9. The first kappa shape index (κ1) is 24.2. The van der Waals surface area contributed by atoms with Crippen molar-refractivity contribution in [1.29, 1.82) is 0 Å². The van der Waals surface area contributed by atoms with Gasteiger partial charge in [-0.1, -0.05) is 0 Å². The zero-order valence-electron chi connectivity index (χ0n) is 16.9. The van der Waals surface area contributed by atoms with E-state index in [0.29, 0.717) is 25.9 Å². The van der Waals surface area contributed by atoms with E-state index in [0.717, 1.165) is 0 Å². The molecule has 0 fully saturated rings. The van der Waals surface area contributed by atoms with Gasteiger partial charge in [0.05, 0.1) is 6.42 Å². The topological polar surface area (TPSA) is 120 Å². The van der Waals surface area contributed by atoms with Crippen molar-refractivity contribution in [2.45, 2.75) is 84.5 Å². The maximum Gasteiger partial charge on any atom is 0.407 e. The van der Waals surface area contributed by atoms with E-state index < -0.39 is 23.3 Å². The molecule has 0 radical (unpaired) electrons. The highest BCUT2D eigenvalue weighted by molar-refractivity contribution is 5.81. The first-order chi connectivity index (χ1) is 11.8. The van der Waals surface area contributed by atoms with E-state index in [2.05, 4.69) is 10.6 Å². The quantitative estimate of drug-likeness (QED) is 0.531. The van der Waals surface area contributed by atoms with Crippen molar-refractivity contribution < 1.29 is 23.9 Å². The molecule has 0 rings (SSSR count). The second-order valence-electron chi connectivity index (χ2n) is 8.15. The first-order valence-corrected chi connectivity index (χ1v) is 9.00. The molecule has 26 heavy (non-hydrogen) atoms. The number of nitrogens with one attached hydrogen (secondary N) is 2. The van der Waals surface area contributed by atoms with Gasteiger partial charge >= 0.3 is 12.1 Å². The minimum atomic E-state index is -0.576. The summed E-state index contributed by atoms with van der Waals surface area (Å²) in [7, 11) is 0. The highest BCUT2D eigenvalue weighted by atomic mass is 16.6. The zero-order valence-corrected chi connectivity index (χ0v) is 16.9. The fourth-order valence-corrected chi connectivity index (χ4v) is 2.05. The number of carbonyl (C=O) groups is 3. The van der Waals surface area contributed by atoms with Crippen LogP contribution in [0.15, 0.2) is 0 Å². The van der Waals surface area contributed by atoms with Crippen molar-refractivity contribution in [3.63, 3.8) is 0 Å². The van der Waals surface area contributed by atoms with Crippen molar-refractivity contribution in [1.82, 2.24) is 10.6 Å². The van der Waals surface area contributed by atoms with Gasteiger partial charge in [0, 0.05) is 19.0 Å². The molecule has 8 nitrogen and oxygen atoms in total. The number of carbonyl (C=O) groups excluding carboxylic acids is 3. The Labute approximate surface area is 156 Å². The SMILES string of the molecule is CC(C)(C)OC(=O)CCC(=O)NCC[C@@H](CCN)NC(=O)OC(C)(C)C. The number of rotatable bonds is 9. The molecule has 0 unspecified atom stereocenters. The van der Waals surface area contributed by atoms with Gasteiger partial charge in [0.15, 0.2) is 0 Å². The van der Waals surface area contributed by atoms with Crippen LogP contribution >= 0.6 is 0 Å². The molecular formula is C18H35N3O5. The smallest absolute Gasteiger partial charge is 0.407 e. The third kappa shape index (κ3) is 14.5. The molecule has 0 aliphatic carbocycles. The van der Waals surface area contributed by atoms with Gasteiger partial charge in [0.25, 0.3) is 0 Å². The summed E-state index contributed by atoms with van der Waals surface area (Å²) in [6.07, 6.45) is 0.690. The molecule has 1 atom stereocenters. The Bertz CT molecular complexity index is 466. The van der Waals surface area contributed by atoms with E-state index in [4.69, 9.17) is 15.2 Å².